The third kappa shape index (κ3) is 3.87. The Kier molecular flexibility index (Phi) is 5.78. The van der Waals surface area contributed by atoms with E-state index in [1.165, 1.54) is 0 Å². The van der Waals surface area contributed by atoms with Gasteiger partial charge in [0.05, 0.1) is 0 Å². The Hall–Kier alpha value is 0.110. The second-order valence-electron chi connectivity index (χ2n) is 2.90. The molecule has 3 atom stereocenters. The molecule has 2 N–H and O–H groups in total. The van der Waals surface area contributed by atoms with Gasteiger partial charge in [-0.15, -0.1) is 0 Å². The van der Waals surface area contributed by atoms with Gasteiger partial charge in [-0.05, 0) is 12.8 Å². The van der Waals surface area contributed by atoms with Gasteiger partial charge >= 0.3 is 0 Å². The molecule has 0 aromatic heterocycles. The molecule has 0 saturated heterocycles. The van der Waals surface area contributed by atoms with Crippen molar-refractivity contribution in [3.8, 4) is 0 Å². The SMILES string of the molecule is CCCC(N)C(CC)S(C)=O. The molecule has 0 aliphatic rings. The van der Waals surface area contributed by atoms with Gasteiger partial charge in [0.15, 0.2) is 0 Å². The molecule has 68 valence electrons. The zero-order chi connectivity index (χ0) is 8.85. The van der Waals surface area contributed by atoms with Gasteiger partial charge in [0.2, 0.25) is 0 Å². The Morgan fingerprint density at radius 2 is 2.00 bits per heavy atom. The summed E-state index contributed by atoms with van der Waals surface area (Å²) in [6.45, 7) is 4.15. The van der Waals surface area contributed by atoms with Crippen molar-refractivity contribution in [2.24, 2.45) is 5.73 Å². The molecular formula is C8H19NOS. The van der Waals surface area contributed by atoms with Gasteiger partial charge < -0.3 is 5.73 Å². The first-order valence-corrected chi connectivity index (χ1v) is 5.83. The summed E-state index contributed by atoms with van der Waals surface area (Å²) in [5.74, 6) is 0. The van der Waals surface area contributed by atoms with Gasteiger partial charge in [-0.3, -0.25) is 4.21 Å². The first kappa shape index (κ1) is 11.1. The standard InChI is InChI=1S/C8H19NOS/c1-4-6-7(9)8(5-2)11(3)10/h7-8H,4-6,9H2,1-3H3. The summed E-state index contributed by atoms with van der Waals surface area (Å²) in [5.41, 5.74) is 5.85. The lowest BCUT2D eigenvalue weighted by Crippen LogP contribution is -2.36. The predicted molar refractivity (Wildman–Crippen MR) is 51.0 cm³/mol. The summed E-state index contributed by atoms with van der Waals surface area (Å²) in [5, 5.41) is 0.190. The van der Waals surface area contributed by atoms with Crippen molar-refractivity contribution in [1.29, 1.82) is 0 Å². The number of hydrogen-bond acceptors (Lipinski definition) is 2. The summed E-state index contributed by atoms with van der Waals surface area (Å²) in [6.07, 6.45) is 4.72. The van der Waals surface area contributed by atoms with Crippen LogP contribution in [0.1, 0.15) is 33.1 Å². The maximum atomic E-state index is 11.1. The van der Waals surface area contributed by atoms with Crippen LogP contribution in [0.25, 0.3) is 0 Å². The van der Waals surface area contributed by atoms with Crippen LogP contribution in [0, 0.1) is 0 Å². The average molecular weight is 177 g/mol. The van der Waals surface area contributed by atoms with Crippen molar-refractivity contribution < 1.29 is 4.21 Å². The Labute approximate surface area is 72.0 Å². The summed E-state index contributed by atoms with van der Waals surface area (Å²) >= 11 is 0. The first-order valence-electron chi connectivity index (χ1n) is 4.21. The maximum Gasteiger partial charge on any atom is 0.0493 e. The Bertz CT molecular complexity index is 127. The van der Waals surface area contributed by atoms with E-state index in [9.17, 15) is 4.21 Å². The molecule has 11 heavy (non-hydrogen) atoms. The molecule has 0 amide bonds. The molecule has 0 rings (SSSR count). The molecule has 0 aromatic carbocycles. The van der Waals surface area contributed by atoms with E-state index in [-0.39, 0.29) is 11.3 Å². The maximum absolute atomic E-state index is 11.1. The summed E-state index contributed by atoms with van der Waals surface area (Å²) < 4.78 is 11.1. The van der Waals surface area contributed by atoms with Gasteiger partial charge in [-0.25, -0.2) is 0 Å². The lowest BCUT2D eigenvalue weighted by atomic mass is 10.1. The molecule has 0 aromatic rings. The van der Waals surface area contributed by atoms with Crippen LogP contribution in [-0.2, 0) is 10.8 Å². The zero-order valence-electron chi connectivity index (χ0n) is 7.67. The second-order valence-corrected chi connectivity index (χ2v) is 4.50. The minimum Gasteiger partial charge on any atom is -0.327 e. The van der Waals surface area contributed by atoms with Crippen LogP contribution in [0.5, 0.6) is 0 Å². The fourth-order valence-electron chi connectivity index (χ4n) is 1.30. The highest BCUT2D eigenvalue weighted by atomic mass is 32.2. The quantitative estimate of drug-likeness (QED) is 0.687. The molecule has 0 bridgehead atoms. The molecular weight excluding hydrogens is 158 g/mol. The van der Waals surface area contributed by atoms with Gasteiger partial charge in [0, 0.05) is 28.3 Å². The summed E-state index contributed by atoms with van der Waals surface area (Å²) in [4.78, 5) is 0. The van der Waals surface area contributed by atoms with Crippen LogP contribution in [0.4, 0.5) is 0 Å². The highest BCUT2D eigenvalue weighted by Gasteiger charge is 2.17. The highest BCUT2D eigenvalue weighted by molar-refractivity contribution is 7.84. The first-order chi connectivity index (χ1) is 5.13. The van der Waals surface area contributed by atoms with E-state index in [4.69, 9.17) is 5.73 Å². The van der Waals surface area contributed by atoms with Crippen molar-refractivity contribution in [3.05, 3.63) is 0 Å². The fourth-order valence-corrected chi connectivity index (χ4v) is 2.40. The largest absolute Gasteiger partial charge is 0.327 e. The van der Waals surface area contributed by atoms with Crippen LogP contribution in [0.2, 0.25) is 0 Å². The zero-order valence-corrected chi connectivity index (χ0v) is 8.49. The van der Waals surface area contributed by atoms with Gasteiger partial charge in [0.25, 0.3) is 0 Å². The molecule has 2 nitrogen and oxygen atoms in total. The third-order valence-corrected chi connectivity index (χ3v) is 3.46. The third-order valence-electron chi connectivity index (χ3n) is 1.93. The molecule has 3 unspecified atom stereocenters. The van der Waals surface area contributed by atoms with Gasteiger partial charge in [-0.2, -0.15) is 0 Å². The molecule has 0 radical (unpaired) electrons. The summed E-state index contributed by atoms with van der Waals surface area (Å²) in [7, 11) is -0.760. The van der Waals surface area contributed by atoms with E-state index >= 15 is 0 Å². The molecule has 0 heterocycles. The van der Waals surface area contributed by atoms with Crippen molar-refractivity contribution in [2.75, 3.05) is 6.26 Å². The lowest BCUT2D eigenvalue weighted by molar-refractivity contribution is 0.551. The van der Waals surface area contributed by atoms with Crippen molar-refractivity contribution in [2.45, 2.75) is 44.4 Å². The number of hydrogen-bond donors (Lipinski definition) is 1. The topological polar surface area (TPSA) is 43.1 Å². The summed E-state index contributed by atoms with van der Waals surface area (Å²) in [6, 6.07) is 0.121. The van der Waals surface area contributed by atoms with Crippen LogP contribution < -0.4 is 5.73 Å². The highest BCUT2D eigenvalue weighted by Crippen LogP contribution is 2.08. The minimum atomic E-state index is -0.760. The van der Waals surface area contributed by atoms with Crippen LogP contribution in [-0.4, -0.2) is 21.8 Å². The van der Waals surface area contributed by atoms with Crippen LogP contribution >= 0.6 is 0 Å². The average Bonchev–Trinajstić information content (AvgIpc) is 1.88. The van der Waals surface area contributed by atoms with Crippen molar-refractivity contribution in [3.63, 3.8) is 0 Å². The van der Waals surface area contributed by atoms with E-state index in [0.717, 1.165) is 19.3 Å². The molecule has 0 saturated carbocycles. The smallest absolute Gasteiger partial charge is 0.0493 e. The van der Waals surface area contributed by atoms with Gasteiger partial charge in [-0.1, -0.05) is 20.3 Å². The molecule has 0 fully saturated rings. The van der Waals surface area contributed by atoms with Crippen molar-refractivity contribution >= 4 is 10.8 Å². The molecule has 0 aliphatic carbocycles. The van der Waals surface area contributed by atoms with Crippen LogP contribution in [0.15, 0.2) is 0 Å². The number of rotatable bonds is 5. The number of nitrogens with two attached hydrogens (primary N) is 1. The van der Waals surface area contributed by atoms with E-state index < -0.39 is 10.8 Å². The minimum absolute atomic E-state index is 0.121. The van der Waals surface area contributed by atoms with E-state index in [2.05, 4.69) is 6.92 Å². The molecule has 0 aliphatic heterocycles. The molecule has 0 spiro atoms. The monoisotopic (exact) mass is 177 g/mol. The Morgan fingerprint density at radius 3 is 2.27 bits per heavy atom. The van der Waals surface area contributed by atoms with Crippen LogP contribution in [0.3, 0.4) is 0 Å². The van der Waals surface area contributed by atoms with Crippen molar-refractivity contribution in [1.82, 2.24) is 0 Å². The Balaban J connectivity index is 3.91. The van der Waals surface area contributed by atoms with E-state index in [0.29, 0.717) is 0 Å². The van der Waals surface area contributed by atoms with Gasteiger partial charge in [0.1, 0.15) is 0 Å². The van der Waals surface area contributed by atoms with E-state index in [1.54, 1.807) is 6.26 Å². The lowest BCUT2D eigenvalue weighted by Gasteiger charge is -2.19. The Morgan fingerprint density at radius 1 is 1.45 bits per heavy atom. The molecule has 3 heteroatoms. The second kappa shape index (κ2) is 5.72. The predicted octanol–water partition coefficient (Wildman–Crippen LogP) is 1.27. The van der Waals surface area contributed by atoms with E-state index in [1.807, 2.05) is 6.92 Å². The fraction of sp³-hybridized carbons (Fsp3) is 1.00. The normalized spacial score (nSPS) is 19.3.